The number of carbonyl (C=O) groups excluding carboxylic acids is 1. The van der Waals surface area contributed by atoms with Crippen LogP contribution in [-0.4, -0.2) is 31.8 Å². The lowest BCUT2D eigenvalue weighted by Crippen LogP contribution is -2.22. The van der Waals surface area contributed by atoms with Crippen molar-refractivity contribution in [1.82, 2.24) is 5.32 Å². The highest BCUT2D eigenvalue weighted by atomic mass is 16.5. The Morgan fingerprint density at radius 3 is 2.94 bits per heavy atom. The number of carbonyl (C=O) groups is 1. The fraction of sp³-hybridized carbons (Fsp3) is 0.429. The predicted octanol–water partition coefficient (Wildman–Crippen LogP) is 1.83. The monoisotopic (exact) mass is 246 g/mol. The third-order valence-electron chi connectivity index (χ3n) is 3.04. The molecule has 1 aliphatic heterocycles. The number of ketones is 1. The van der Waals surface area contributed by atoms with Crippen molar-refractivity contribution < 1.29 is 9.53 Å². The Morgan fingerprint density at radius 2 is 2.33 bits per heavy atom. The summed E-state index contributed by atoms with van der Waals surface area (Å²) in [6.07, 6.45) is 1.23. The van der Waals surface area contributed by atoms with Crippen LogP contribution in [0.25, 0.3) is 0 Å². The van der Waals surface area contributed by atoms with Gasteiger partial charge in [0.05, 0.1) is 25.6 Å². The van der Waals surface area contributed by atoms with Crippen molar-refractivity contribution in [3.8, 4) is 5.75 Å². The molecule has 1 N–H and O–H groups in total. The van der Waals surface area contributed by atoms with Crippen LogP contribution >= 0.6 is 0 Å². The molecule has 1 aliphatic rings. The second-order valence-electron chi connectivity index (χ2n) is 4.24. The maximum absolute atomic E-state index is 12.2. The van der Waals surface area contributed by atoms with Gasteiger partial charge in [-0.2, -0.15) is 0 Å². The van der Waals surface area contributed by atoms with E-state index in [1.165, 1.54) is 0 Å². The van der Waals surface area contributed by atoms with Crippen LogP contribution in [-0.2, 0) is 6.42 Å². The third-order valence-corrected chi connectivity index (χ3v) is 3.04. The highest BCUT2D eigenvalue weighted by Crippen LogP contribution is 2.22. The number of nitrogens with zero attached hydrogens (tertiary/aromatic N) is 1. The van der Waals surface area contributed by atoms with Gasteiger partial charge in [-0.3, -0.25) is 9.79 Å². The van der Waals surface area contributed by atoms with Crippen LogP contribution in [0.2, 0.25) is 0 Å². The maximum Gasteiger partial charge on any atom is 0.174 e. The molecule has 2 rings (SSSR count). The first kappa shape index (κ1) is 12.6. The molecule has 0 saturated heterocycles. The van der Waals surface area contributed by atoms with Crippen molar-refractivity contribution in [2.45, 2.75) is 19.8 Å². The second-order valence-corrected chi connectivity index (χ2v) is 4.24. The maximum atomic E-state index is 12.2. The summed E-state index contributed by atoms with van der Waals surface area (Å²) >= 11 is 0. The van der Waals surface area contributed by atoms with Gasteiger partial charge in [0.2, 0.25) is 0 Å². The van der Waals surface area contributed by atoms with E-state index in [1.807, 2.05) is 18.2 Å². The number of amidine groups is 1. The summed E-state index contributed by atoms with van der Waals surface area (Å²) in [5.41, 5.74) is 1.79. The number of methoxy groups -OCH3 is 1. The molecule has 0 atom stereocenters. The Kier molecular flexibility index (Phi) is 3.97. The number of hydrogen-bond donors (Lipinski definition) is 1. The molecule has 0 aromatic heterocycles. The zero-order chi connectivity index (χ0) is 13.0. The fourth-order valence-electron chi connectivity index (χ4n) is 2.01. The molecule has 18 heavy (non-hydrogen) atoms. The molecule has 4 nitrogen and oxygen atoms in total. The summed E-state index contributed by atoms with van der Waals surface area (Å²) in [6, 6.07) is 5.76. The van der Waals surface area contributed by atoms with Gasteiger partial charge >= 0.3 is 0 Å². The van der Waals surface area contributed by atoms with Gasteiger partial charge in [0.1, 0.15) is 11.6 Å². The summed E-state index contributed by atoms with van der Waals surface area (Å²) in [7, 11) is 1.59. The average Bonchev–Trinajstić information content (AvgIpc) is 2.90. The lowest BCUT2D eigenvalue weighted by Gasteiger charge is -2.09. The molecular formula is C14H18N2O2. The number of aryl methyl sites for hydroxylation is 1. The van der Waals surface area contributed by atoms with Crippen LogP contribution in [0.3, 0.4) is 0 Å². The first-order chi connectivity index (χ1) is 8.74. The first-order valence-electron chi connectivity index (χ1n) is 6.22. The lowest BCUT2D eigenvalue weighted by atomic mass is 10.0. The predicted molar refractivity (Wildman–Crippen MR) is 71.6 cm³/mol. The third kappa shape index (κ3) is 2.70. The normalized spacial score (nSPS) is 14.0. The molecular weight excluding hydrogens is 228 g/mol. The van der Waals surface area contributed by atoms with Gasteiger partial charge < -0.3 is 10.1 Å². The number of Topliss-reactive ketones (excluding diaryl/α,β-unsaturated/α-hetero) is 1. The van der Waals surface area contributed by atoms with Crippen LogP contribution in [0, 0.1) is 0 Å². The minimum Gasteiger partial charge on any atom is -0.496 e. The average molecular weight is 246 g/mol. The minimum atomic E-state index is 0.0512. The molecule has 0 spiro atoms. The Labute approximate surface area is 107 Å². The fourth-order valence-corrected chi connectivity index (χ4v) is 2.01. The van der Waals surface area contributed by atoms with Crippen LogP contribution in [0.1, 0.15) is 29.3 Å². The van der Waals surface area contributed by atoms with E-state index in [4.69, 9.17) is 4.74 Å². The summed E-state index contributed by atoms with van der Waals surface area (Å²) < 4.78 is 5.25. The van der Waals surface area contributed by atoms with Crippen LogP contribution in [0.15, 0.2) is 23.2 Å². The van der Waals surface area contributed by atoms with Crippen molar-refractivity contribution in [1.29, 1.82) is 0 Å². The molecule has 4 heteroatoms. The number of nitrogens with one attached hydrogen (secondary N) is 1. The van der Waals surface area contributed by atoms with Crippen LogP contribution in [0.5, 0.6) is 5.75 Å². The zero-order valence-electron chi connectivity index (χ0n) is 10.8. The van der Waals surface area contributed by atoms with Gasteiger partial charge in [-0.15, -0.1) is 0 Å². The van der Waals surface area contributed by atoms with E-state index >= 15 is 0 Å². The van der Waals surface area contributed by atoms with Gasteiger partial charge in [0, 0.05) is 6.54 Å². The highest BCUT2D eigenvalue weighted by molar-refractivity contribution is 6.10. The van der Waals surface area contributed by atoms with Crippen molar-refractivity contribution in [2.24, 2.45) is 4.99 Å². The molecule has 1 aromatic carbocycles. The van der Waals surface area contributed by atoms with Gasteiger partial charge in [0.25, 0.3) is 0 Å². The minimum absolute atomic E-state index is 0.0512. The quantitative estimate of drug-likeness (QED) is 0.806. The number of ether oxygens (including phenoxy) is 1. The molecule has 96 valence electrons. The molecule has 0 bridgehead atoms. The van der Waals surface area contributed by atoms with Gasteiger partial charge in [-0.1, -0.05) is 13.0 Å². The zero-order valence-corrected chi connectivity index (χ0v) is 10.8. The molecule has 0 unspecified atom stereocenters. The smallest absolute Gasteiger partial charge is 0.174 e. The summed E-state index contributed by atoms with van der Waals surface area (Å²) in [5, 5.41) is 3.11. The summed E-state index contributed by atoms with van der Waals surface area (Å²) in [6.45, 7) is 3.65. The molecule has 0 aliphatic carbocycles. The lowest BCUT2D eigenvalue weighted by molar-refractivity contribution is 0.0997. The Balaban J connectivity index is 2.21. The van der Waals surface area contributed by atoms with E-state index < -0.39 is 0 Å². The van der Waals surface area contributed by atoms with E-state index in [9.17, 15) is 4.79 Å². The highest BCUT2D eigenvalue weighted by Gasteiger charge is 2.16. The summed E-state index contributed by atoms with van der Waals surface area (Å²) in [4.78, 5) is 16.5. The topological polar surface area (TPSA) is 50.7 Å². The van der Waals surface area contributed by atoms with Crippen LogP contribution in [0.4, 0.5) is 0 Å². The first-order valence-corrected chi connectivity index (χ1v) is 6.22. The van der Waals surface area contributed by atoms with E-state index in [-0.39, 0.29) is 5.78 Å². The molecule has 1 aromatic rings. The van der Waals surface area contributed by atoms with Gasteiger partial charge in [-0.25, -0.2) is 0 Å². The molecule has 1 heterocycles. The number of hydrogen-bond acceptors (Lipinski definition) is 4. The van der Waals surface area contributed by atoms with E-state index in [2.05, 4.69) is 17.2 Å². The van der Waals surface area contributed by atoms with Crippen LogP contribution < -0.4 is 10.1 Å². The molecule has 0 fully saturated rings. The summed E-state index contributed by atoms with van der Waals surface area (Å²) in [5.74, 6) is 1.47. The molecule has 0 amide bonds. The standard InChI is InChI=1S/C14H18N2O2/c1-3-10-4-5-13(18-2)11(8-10)12(17)9-14-15-6-7-16-14/h4-5,8H,3,6-7,9H2,1-2H3,(H,15,16). The molecule has 0 radical (unpaired) electrons. The largest absolute Gasteiger partial charge is 0.496 e. The SMILES string of the molecule is CCc1ccc(OC)c(C(=O)CC2=NCCN2)c1. The number of benzene rings is 1. The van der Waals surface area contributed by atoms with E-state index in [0.717, 1.165) is 30.9 Å². The van der Waals surface area contributed by atoms with E-state index in [1.54, 1.807) is 7.11 Å². The molecule has 0 saturated carbocycles. The van der Waals surface area contributed by atoms with Crippen molar-refractivity contribution >= 4 is 11.6 Å². The Hall–Kier alpha value is -1.84. The number of aliphatic imine (C=N–C) groups is 1. The number of rotatable bonds is 5. The second kappa shape index (κ2) is 5.67. The Morgan fingerprint density at radius 1 is 1.50 bits per heavy atom. The van der Waals surface area contributed by atoms with Gasteiger partial charge in [-0.05, 0) is 24.1 Å². The van der Waals surface area contributed by atoms with Crippen molar-refractivity contribution in [3.63, 3.8) is 0 Å². The van der Waals surface area contributed by atoms with Crippen molar-refractivity contribution in [3.05, 3.63) is 29.3 Å². The Bertz CT molecular complexity index is 481. The van der Waals surface area contributed by atoms with E-state index in [0.29, 0.717) is 17.7 Å². The van der Waals surface area contributed by atoms with Gasteiger partial charge in [0.15, 0.2) is 5.78 Å². The van der Waals surface area contributed by atoms with Crippen molar-refractivity contribution in [2.75, 3.05) is 20.2 Å².